The molecule has 0 aromatic carbocycles. The third-order valence-corrected chi connectivity index (χ3v) is 0. The predicted molar refractivity (Wildman–Crippen MR) is 22.0 cm³/mol. The van der Waals surface area contributed by atoms with Crippen LogP contribution in [0.2, 0.25) is 0 Å². The summed E-state index contributed by atoms with van der Waals surface area (Å²) in [6, 6.07) is 0. The van der Waals surface area contributed by atoms with Crippen molar-refractivity contribution in [1.29, 1.82) is 0 Å². The molecule has 0 heterocycles. The molecule has 14 heteroatoms. The molecule has 0 saturated carbocycles. The fourth-order valence-corrected chi connectivity index (χ4v) is 0. The van der Waals surface area contributed by atoms with E-state index in [0.29, 0.717) is 0 Å². The first-order valence-corrected chi connectivity index (χ1v) is 2.00. The van der Waals surface area contributed by atoms with Crippen LogP contribution in [0.1, 0.15) is 0 Å². The molecule has 0 fully saturated rings. The molecule has 0 aliphatic heterocycles. The van der Waals surface area contributed by atoms with E-state index in [9.17, 15) is 0 Å². The summed E-state index contributed by atoms with van der Waals surface area (Å²) in [6.07, 6.45) is 0. The number of hydrogen-bond donors (Lipinski definition) is 0. The minimum absolute atomic E-state index is 0. The Hall–Kier alpha value is 6.69. The monoisotopic (exact) mass is 385 g/mol. The Morgan fingerprint density at radius 1 is 0.786 bits per heavy atom. The second-order valence-corrected chi connectivity index (χ2v) is 1.22. The van der Waals surface area contributed by atoms with Crippen LogP contribution in [0.4, 0.5) is 0 Å². The van der Waals surface area contributed by atoms with Crippen LogP contribution < -0.4 is 160 Å². The SMILES string of the molecule is O=S(=O)([O-])[O-].[Ca+2].[Cl-].[Cl-].[Cl-].[Cl-].[K+].[Mg+2].[Na+].[Na+]. The summed E-state index contributed by atoms with van der Waals surface area (Å²) >= 11 is 0. The summed E-state index contributed by atoms with van der Waals surface area (Å²) < 4.78 is 34.1. The van der Waals surface area contributed by atoms with E-state index in [1.807, 2.05) is 0 Å². The van der Waals surface area contributed by atoms with Crippen molar-refractivity contribution in [2.75, 3.05) is 0 Å². The maximum absolute atomic E-state index is 8.52. The molecular formula is CaCl4KMgNa2O4S+. The van der Waals surface area contributed by atoms with Crippen molar-refractivity contribution >= 4 is 71.2 Å². The van der Waals surface area contributed by atoms with E-state index in [1.54, 1.807) is 0 Å². The molecule has 64 valence electrons. The summed E-state index contributed by atoms with van der Waals surface area (Å²) in [4.78, 5) is 0. The largest absolute Gasteiger partial charge is 2.00 e. The van der Waals surface area contributed by atoms with Crippen LogP contribution in [0.25, 0.3) is 0 Å². The molecule has 0 rings (SSSR count). The standard InChI is InChI=1S/Ca.4ClH.K.Mg.2Na.H2O4S/c;;;;;;;;;1-5(2,3)4/h;4*1H;;;;;(H2,1,2,3,4)/q+2;;;;;+1;+2;2*+1;/p-6. The minimum Gasteiger partial charge on any atom is -1.00 e. The van der Waals surface area contributed by atoms with E-state index >= 15 is 0 Å². The van der Waals surface area contributed by atoms with Crippen LogP contribution >= 0.6 is 0 Å². The molecule has 0 aromatic rings. The molecule has 0 aliphatic carbocycles. The fraction of sp³-hybridized carbons (Fsp3) is 0. The van der Waals surface area contributed by atoms with Crippen molar-refractivity contribution in [2.24, 2.45) is 0 Å². The quantitative estimate of drug-likeness (QED) is 0.235. The molecule has 0 aliphatic rings. The van der Waals surface area contributed by atoms with Gasteiger partial charge in [0.2, 0.25) is 0 Å². The van der Waals surface area contributed by atoms with Gasteiger partial charge in [-0.2, -0.15) is 0 Å². The molecule has 0 saturated heterocycles. The van der Waals surface area contributed by atoms with E-state index in [-0.39, 0.29) is 221 Å². The predicted octanol–water partition coefficient (Wildman–Crippen LogP) is -23.1. The number of halogens is 4. The van der Waals surface area contributed by atoms with Crippen molar-refractivity contribution in [3.8, 4) is 0 Å². The molecule has 0 spiro atoms. The molecular weight excluding hydrogens is 387 g/mol. The first kappa shape index (κ1) is 70.2. The molecule has 4 nitrogen and oxygen atoms in total. The summed E-state index contributed by atoms with van der Waals surface area (Å²) in [5.41, 5.74) is 0. The molecule has 0 unspecified atom stereocenters. The molecule has 0 bridgehead atoms. The first-order chi connectivity index (χ1) is 2.00. The Morgan fingerprint density at radius 3 is 0.786 bits per heavy atom. The van der Waals surface area contributed by atoms with E-state index < -0.39 is 10.4 Å². The van der Waals surface area contributed by atoms with Crippen LogP contribution in [-0.4, -0.2) is 78.3 Å². The summed E-state index contributed by atoms with van der Waals surface area (Å²) in [6.45, 7) is 0. The van der Waals surface area contributed by atoms with Gasteiger partial charge >= 0.3 is 171 Å². The topological polar surface area (TPSA) is 80.3 Å². The van der Waals surface area contributed by atoms with Crippen LogP contribution in [0, 0.1) is 0 Å². The number of hydrogen-bond acceptors (Lipinski definition) is 4. The maximum atomic E-state index is 8.52. The van der Waals surface area contributed by atoms with Gasteiger partial charge in [-0.05, 0) is 0 Å². The Morgan fingerprint density at radius 2 is 0.786 bits per heavy atom. The first-order valence-electron chi connectivity index (χ1n) is 0.667. The van der Waals surface area contributed by atoms with Gasteiger partial charge in [-0.25, -0.2) is 0 Å². The van der Waals surface area contributed by atoms with Crippen LogP contribution in [0.5, 0.6) is 0 Å². The second-order valence-electron chi connectivity index (χ2n) is 0.408. The van der Waals surface area contributed by atoms with Crippen molar-refractivity contribution in [3.05, 3.63) is 0 Å². The molecule has 0 amide bonds. The van der Waals surface area contributed by atoms with Crippen molar-refractivity contribution in [3.63, 3.8) is 0 Å². The Labute approximate surface area is 242 Å². The number of rotatable bonds is 0. The second kappa shape index (κ2) is 42.7. The van der Waals surface area contributed by atoms with Gasteiger partial charge in [0.05, 0.1) is 0 Å². The third-order valence-electron chi connectivity index (χ3n) is 0. The van der Waals surface area contributed by atoms with E-state index in [2.05, 4.69) is 0 Å². The maximum Gasteiger partial charge on any atom is 2.00 e. The average molecular weight is 387 g/mol. The molecule has 0 N–H and O–H groups in total. The van der Waals surface area contributed by atoms with Gasteiger partial charge < -0.3 is 58.7 Å². The zero-order valence-corrected chi connectivity index (χ0v) is 22.6. The zero-order valence-electron chi connectivity index (χ0n) is 7.97. The van der Waals surface area contributed by atoms with Gasteiger partial charge in [-0.15, -0.1) is 0 Å². The smallest absolute Gasteiger partial charge is 1.00 e. The Balaban J connectivity index is -0.00000000222. The van der Waals surface area contributed by atoms with Gasteiger partial charge in [0, 0.05) is 10.4 Å². The van der Waals surface area contributed by atoms with Gasteiger partial charge in [-0.3, -0.25) is 8.42 Å². The fourth-order valence-electron chi connectivity index (χ4n) is 0. The molecule has 14 heavy (non-hydrogen) atoms. The molecule has 0 aromatic heterocycles. The van der Waals surface area contributed by atoms with E-state index in [1.165, 1.54) is 0 Å². The van der Waals surface area contributed by atoms with Gasteiger partial charge in [0.1, 0.15) is 0 Å². The summed E-state index contributed by atoms with van der Waals surface area (Å²) in [5, 5.41) is 0. The summed E-state index contributed by atoms with van der Waals surface area (Å²) in [5.74, 6) is 0. The van der Waals surface area contributed by atoms with Crippen molar-refractivity contribution in [1.82, 2.24) is 0 Å². The van der Waals surface area contributed by atoms with Crippen LogP contribution in [0.15, 0.2) is 0 Å². The van der Waals surface area contributed by atoms with E-state index in [0.717, 1.165) is 0 Å². The van der Waals surface area contributed by atoms with E-state index in [4.69, 9.17) is 17.5 Å². The van der Waals surface area contributed by atoms with Gasteiger partial charge in [-0.1, -0.05) is 0 Å². The molecule has 0 radical (unpaired) electrons. The van der Waals surface area contributed by atoms with Crippen molar-refractivity contribution in [2.45, 2.75) is 0 Å². The minimum atomic E-state index is -5.17. The van der Waals surface area contributed by atoms with Crippen molar-refractivity contribution < 1.29 is 178 Å². The summed E-state index contributed by atoms with van der Waals surface area (Å²) in [7, 11) is -5.17. The zero-order chi connectivity index (χ0) is 4.50. The van der Waals surface area contributed by atoms with Gasteiger partial charge in [0.25, 0.3) is 0 Å². The Bertz CT molecular complexity index is 119. The molecule has 0 atom stereocenters. The normalized spacial score (nSPS) is 4.14. The van der Waals surface area contributed by atoms with Gasteiger partial charge in [0.15, 0.2) is 0 Å². The third kappa shape index (κ3) is 131. The Kier molecular flexibility index (Phi) is 214. The average Bonchev–Trinajstić information content (AvgIpc) is 0.722. The van der Waals surface area contributed by atoms with Crippen LogP contribution in [0.3, 0.4) is 0 Å². The van der Waals surface area contributed by atoms with Crippen LogP contribution in [-0.2, 0) is 10.4 Å².